The predicted molar refractivity (Wildman–Crippen MR) is 103 cm³/mol. The largest absolute Gasteiger partial charge is 0.598 e. The van der Waals surface area contributed by atoms with Gasteiger partial charge in [-0.1, -0.05) is 18.2 Å². The Balaban J connectivity index is 1.59. The van der Waals surface area contributed by atoms with Crippen LogP contribution in [-0.4, -0.2) is 33.9 Å². The summed E-state index contributed by atoms with van der Waals surface area (Å²) in [5.41, 5.74) is 0.533. The van der Waals surface area contributed by atoms with Crippen LogP contribution < -0.4 is 10.0 Å². The minimum atomic E-state index is -2.70. The zero-order valence-electron chi connectivity index (χ0n) is 15.4. The molecule has 0 spiro atoms. The summed E-state index contributed by atoms with van der Waals surface area (Å²) >= 11 is -1.15. The van der Waals surface area contributed by atoms with Crippen LogP contribution in [0.2, 0.25) is 0 Å². The summed E-state index contributed by atoms with van der Waals surface area (Å²) in [6, 6.07) is 9.61. The first-order valence-electron chi connectivity index (χ1n) is 9.31. The Labute approximate surface area is 165 Å². The average Bonchev–Trinajstić information content (AvgIpc) is 2.63. The van der Waals surface area contributed by atoms with E-state index >= 15 is 4.39 Å². The fraction of sp³-hybridized carbons (Fsp3) is 0.450. The molecule has 1 aliphatic carbocycles. The Morgan fingerprint density at radius 3 is 2.71 bits per heavy atom. The molecule has 3 aliphatic rings. The molecule has 8 heteroatoms. The molecule has 0 amide bonds. The second-order valence-corrected chi connectivity index (χ2v) is 8.67. The van der Waals surface area contributed by atoms with E-state index in [2.05, 4.69) is 15.0 Å². The van der Waals surface area contributed by atoms with Crippen molar-refractivity contribution in [3.8, 4) is 11.3 Å². The Morgan fingerprint density at radius 2 is 2.00 bits per heavy atom. The van der Waals surface area contributed by atoms with E-state index in [-0.39, 0.29) is 29.0 Å². The number of rotatable bonds is 6. The van der Waals surface area contributed by atoms with Crippen molar-refractivity contribution >= 4 is 11.4 Å². The monoisotopic (exact) mass is 409 g/mol. The van der Waals surface area contributed by atoms with E-state index in [1.54, 1.807) is 24.5 Å². The van der Waals surface area contributed by atoms with E-state index in [9.17, 15) is 13.3 Å². The van der Waals surface area contributed by atoms with Crippen molar-refractivity contribution in [2.24, 2.45) is 5.92 Å². The summed E-state index contributed by atoms with van der Waals surface area (Å²) < 4.78 is 55.9. The third-order valence-corrected chi connectivity index (χ3v) is 6.26. The zero-order valence-corrected chi connectivity index (χ0v) is 16.2. The number of aromatic nitrogens is 1. The first-order chi connectivity index (χ1) is 13.4. The molecule has 2 aliphatic heterocycles. The standard InChI is InChI=1S/C20H22F3N3OS/c1-28(27)26-19-12-8-13(9-12)24-17(19)10-11-4-2-5-14(18(11)21)15-6-3-7-16(25-15)20(22)23/h2-7,12-13,17,19-20,24,26H,8-10H2,1H3/t12?,13?,17-,19-,28?/m0/s1. The van der Waals surface area contributed by atoms with Gasteiger partial charge in [0.25, 0.3) is 6.43 Å². The lowest BCUT2D eigenvalue weighted by molar-refractivity contribution is 0.0809. The van der Waals surface area contributed by atoms with Gasteiger partial charge in [0.1, 0.15) is 17.8 Å². The number of halogens is 3. The number of fused-ring (bicyclic) bond motifs is 2. The van der Waals surface area contributed by atoms with Crippen molar-refractivity contribution in [1.29, 1.82) is 0 Å². The molecule has 1 saturated carbocycles. The molecule has 150 valence electrons. The van der Waals surface area contributed by atoms with Crippen LogP contribution in [0.25, 0.3) is 11.3 Å². The molecule has 3 atom stereocenters. The second kappa shape index (κ2) is 8.02. The molecule has 3 fully saturated rings. The Morgan fingerprint density at radius 1 is 1.25 bits per heavy atom. The van der Waals surface area contributed by atoms with E-state index in [4.69, 9.17) is 0 Å². The Kier molecular flexibility index (Phi) is 5.64. The fourth-order valence-corrected chi connectivity index (χ4v) is 5.02. The van der Waals surface area contributed by atoms with Crippen LogP contribution in [0.15, 0.2) is 36.4 Å². The van der Waals surface area contributed by atoms with E-state index in [1.807, 2.05) is 0 Å². The van der Waals surface area contributed by atoms with Crippen molar-refractivity contribution in [1.82, 2.24) is 15.0 Å². The molecule has 5 rings (SSSR count). The molecule has 28 heavy (non-hydrogen) atoms. The highest BCUT2D eigenvalue weighted by atomic mass is 32.2. The number of hydrogen-bond donors (Lipinski definition) is 2. The number of hydrogen-bond acceptors (Lipinski definition) is 4. The summed E-state index contributed by atoms with van der Waals surface area (Å²) in [5, 5.41) is 3.52. The summed E-state index contributed by atoms with van der Waals surface area (Å²) in [7, 11) is 0. The van der Waals surface area contributed by atoms with Gasteiger partial charge in [-0.15, -0.1) is 4.72 Å². The van der Waals surface area contributed by atoms with Crippen LogP contribution in [0.4, 0.5) is 13.2 Å². The van der Waals surface area contributed by atoms with Crippen molar-refractivity contribution < 1.29 is 17.7 Å². The van der Waals surface area contributed by atoms with Gasteiger partial charge in [0.2, 0.25) is 0 Å². The number of pyridine rings is 1. The molecule has 1 aromatic heterocycles. The molecule has 1 unspecified atom stereocenters. The van der Waals surface area contributed by atoms with E-state index in [1.165, 1.54) is 18.2 Å². The molecule has 3 heterocycles. The van der Waals surface area contributed by atoms with Gasteiger partial charge in [-0.3, -0.25) is 0 Å². The summed E-state index contributed by atoms with van der Waals surface area (Å²) in [5.74, 6) is -0.00498. The third kappa shape index (κ3) is 3.91. The average molecular weight is 409 g/mol. The first kappa shape index (κ1) is 19.7. The van der Waals surface area contributed by atoms with Crippen molar-refractivity contribution in [2.75, 3.05) is 6.26 Å². The number of alkyl halides is 2. The minimum Gasteiger partial charge on any atom is -0.598 e. The van der Waals surface area contributed by atoms with E-state index < -0.39 is 23.6 Å². The van der Waals surface area contributed by atoms with E-state index in [0.29, 0.717) is 23.9 Å². The first-order valence-corrected chi connectivity index (χ1v) is 10.9. The summed E-state index contributed by atoms with van der Waals surface area (Å²) in [4.78, 5) is 3.91. The third-order valence-electron chi connectivity index (χ3n) is 5.66. The maximum Gasteiger partial charge on any atom is 0.280 e. The molecule has 4 nitrogen and oxygen atoms in total. The van der Waals surface area contributed by atoms with Gasteiger partial charge in [0.05, 0.1) is 11.7 Å². The highest BCUT2D eigenvalue weighted by Crippen LogP contribution is 2.38. The SMILES string of the molecule is C[S+]([O-])N[C@H]1C2CC(C2)N[C@H]1Cc1cccc(-c2cccc(C(F)F)n2)c1F. The quantitative estimate of drug-likeness (QED) is 0.719. The smallest absolute Gasteiger partial charge is 0.280 e. The molecule has 1 aromatic carbocycles. The van der Waals surface area contributed by atoms with Crippen LogP contribution >= 0.6 is 0 Å². The molecule has 2 saturated heterocycles. The summed E-state index contributed by atoms with van der Waals surface area (Å²) in [6.07, 6.45) is 1.41. The number of nitrogens with zero attached hydrogens (tertiary/aromatic N) is 1. The van der Waals surface area contributed by atoms with Crippen LogP contribution in [0.1, 0.15) is 30.5 Å². The summed E-state index contributed by atoms with van der Waals surface area (Å²) in [6.45, 7) is 0. The molecule has 2 N–H and O–H groups in total. The van der Waals surface area contributed by atoms with Crippen molar-refractivity contribution in [3.63, 3.8) is 0 Å². The number of benzene rings is 1. The molecular formula is C20H22F3N3OS. The lowest BCUT2D eigenvalue weighted by Gasteiger charge is -2.51. The number of nitrogens with one attached hydrogen (secondary N) is 2. The van der Waals surface area contributed by atoms with Crippen LogP contribution in [-0.2, 0) is 17.8 Å². The van der Waals surface area contributed by atoms with Crippen LogP contribution in [0, 0.1) is 11.7 Å². The highest BCUT2D eigenvalue weighted by Gasteiger charge is 2.47. The van der Waals surface area contributed by atoms with Crippen LogP contribution in [0.3, 0.4) is 0 Å². The fourth-order valence-electron chi connectivity index (χ4n) is 4.28. The minimum absolute atomic E-state index is 0.0131. The van der Waals surface area contributed by atoms with Gasteiger partial charge in [-0.2, -0.15) is 0 Å². The number of piperidine rings is 2. The molecular weight excluding hydrogens is 387 g/mol. The lowest BCUT2D eigenvalue weighted by Crippen LogP contribution is -2.67. The molecule has 2 bridgehead atoms. The predicted octanol–water partition coefficient (Wildman–Crippen LogP) is 3.37. The van der Waals surface area contributed by atoms with Crippen molar-refractivity contribution in [3.05, 3.63) is 53.5 Å². The maximum atomic E-state index is 15.2. The van der Waals surface area contributed by atoms with Gasteiger partial charge in [-0.05, 0) is 48.9 Å². The van der Waals surface area contributed by atoms with Gasteiger partial charge >= 0.3 is 0 Å². The van der Waals surface area contributed by atoms with Gasteiger partial charge in [-0.25, -0.2) is 18.2 Å². The molecule has 0 radical (unpaired) electrons. The second-order valence-electron chi connectivity index (χ2n) is 7.53. The maximum absolute atomic E-state index is 15.2. The highest BCUT2D eigenvalue weighted by molar-refractivity contribution is 7.88. The lowest BCUT2D eigenvalue weighted by atomic mass is 9.68. The normalized spacial score (nSPS) is 27.5. The Hall–Kier alpha value is -1.61. The van der Waals surface area contributed by atoms with E-state index in [0.717, 1.165) is 12.8 Å². The van der Waals surface area contributed by atoms with Crippen molar-refractivity contribution in [2.45, 2.75) is 43.8 Å². The molecule has 2 aromatic rings. The van der Waals surface area contributed by atoms with Gasteiger partial charge in [0, 0.05) is 29.0 Å². The van der Waals surface area contributed by atoms with Crippen LogP contribution in [0.5, 0.6) is 0 Å². The topological polar surface area (TPSA) is 60.0 Å². The van der Waals surface area contributed by atoms with Gasteiger partial charge < -0.3 is 9.87 Å². The van der Waals surface area contributed by atoms with Gasteiger partial charge in [0.15, 0.2) is 0 Å². The zero-order chi connectivity index (χ0) is 19.8. The Bertz CT molecular complexity index is 845.